The first-order valence-electron chi connectivity index (χ1n) is 15.5. The van der Waals surface area contributed by atoms with Crippen molar-refractivity contribution in [3.8, 4) is 0 Å². The molecule has 238 valence electrons. The number of aromatic amines is 1. The molecule has 0 amide bonds. The molecule has 7 rings (SSSR count). The van der Waals surface area contributed by atoms with Gasteiger partial charge in [0, 0.05) is 6.61 Å². The fraction of sp³-hybridized carbons (Fsp3) is 0.343. The van der Waals surface area contributed by atoms with Crippen LogP contribution >= 0.6 is 0 Å². The van der Waals surface area contributed by atoms with Crippen molar-refractivity contribution >= 4 is 11.2 Å². The smallest absolute Gasteiger partial charge is 0.315 e. The van der Waals surface area contributed by atoms with Crippen molar-refractivity contribution < 1.29 is 33.8 Å². The van der Waals surface area contributed by atoms with Gasteiger partial charge in [-0.1, -0.05) is 101 Å². The molecular formula is C35H37N4O7+. The lowest BCUT2D eigenvalue weighted by Crippen LogP contribution is -2.74. The number of hydrogen-bond donors (Lipinski definition) is 3. The summed E-state index contributed by atoms with van der Waals surface area (Å²) in [5, 5.41) is 22.9. The van der Waals surface area contributed by atoms with Crippen molar-refractivity contribution in [3.63, 3.8) is 0 Å². The molecule has 0 saturated carbocycles. The molecule has 2 aliphatic rings. The molecule has 2 saturated heterocycles. The average molecular weight is 626 g/mol. The molecule has 0 bridgehead atoms. The van der Waals surface area contributed by atoms with Gasteiger partial charge < -0.3 is 29.3 Å². The van der Waals surface area contributed by atoms with Gasteiger partial charge in [0.05, 0.1) is 6.61 Å². The van der Waals surface area contributed by atoms with Gasteiger partial charge in [-0.25, -0.2) is 0 Å². The summed E-state index contributed by atoms with van der Waals surface area (Å²) in [6.07, 6.45) is 1.11. The number of imidazole rings is 1. The number of aliphatic hydroxyl groups is 2. The van der Waals surface area contributed by atoms with Crippen LogP contribution in [0.4, 0.5) is 0 Å². The topological polar surface area (TPSA) is 132 Å². The summed E-state index contributed by atoms with van der Waals surface area (Å²) in [7, 11) is 1.45. The Labute approximate surface area is 265 Å². The molecule has 46 heavy (non-hydrogen) atoms. The number of aliphatic hydroxyl groups excluding tert-OH is 2. The molecular weight excluding hydrogens is 588 g/mol. The number of rotatable bonds is 9. The van der Waals surface area contributed by atoms with E-state index in [4.69, 9.17) is 19.0 Å². The minimum atomic E-state index is -1.74. The van der Waals surface area contributed by atoms with Gasteiger partial charge in [-0.05, 0) is 36.0 Å². The summed E-state index contributed by atoms with van der Waals surface area (Å²) in [4.78, 5) is 26.3. The van der Waals surface area contributed by atoms with Gasteiger partial charge in [0.1, 0.15) is 24.7 Å². The minimum absolute atomic E-state index is 0.130. The summed E-state index contributed by atoms with van der Waals surface area (Å²) in [5.74, 6) is 0. The summed E-state index contributed by atoms with van der Waals surface area (Å²) in [6.45, 7) is 0.0132. The maximum absolute atomic E-state index is 13.3. The highest BCUT2D eigenvalue weighted by atomic mass is 16.7. The van der Waals surface area contributed by atoms with Crippen molar-refractivity contribution in [3.05, 3.63) is 131 Å². The number of H-pyrrole nitrogens is 1. The molecule has 11 nitrogen and oxygen atoms in total. The molecule has 3 N–H and O–H groups in total. The average Bonchev–Trinajstić information content (AvgIpc) is 3.63. The summed E-state index contributed by atoms with van der Waals surface area (Å²) < 4.78 is 23.1. The molecule has 0 spiro atoms. The van der Waals surface area contributed by atoms with Crippen LogP contribution in [-0.4, -0.2) is 69.8 Å². The Morgan fingerprint density at radius 2 is 1.61 bits per heavy atom. The second-order valence-corrected chi connectivity index (χ2v) is 11.6. The molecule has 2 aliphatic heterocycles. The number of aromatic nitrogens is 4. The SMILES string of the molecule is COn1c[n+]([C@]2(C(c3ccccc3)(c3ccccc3)c3ccccc3)O[C@H](CO)[C@@H](O)[C@H]2OC2CCCCO2)c2nc[nH]c(=O)c21. The summed E-state index contributed by atoms with van der Waals surface area (Å²) in [5.41, 5.74) is -0.676. The summed E-state index contributed by atoms with van der Waals surface area (Å²) in [6, 6.07) is 29.6. The fourth-order valence-corrected chi connectivity index (χ4v) is 7.31. The van der Waals surface area contributed by atoms with Gasteiger partial charge in [0.15, 0.2) is 18.7 Å². The highest BCUT2D eigenvalue weighted by molar-refractivity contribution is 5.65. The van der Waals surface area contributed by atoms with Gasteiger partial charge in [-0.15, -0.1) is 0 Å². The molecule has 3 aromatic carbocycles. The Morgan fingerprint density at radius 3 is 2.13 bits per heavy atom. The van der Waals surface area contributed by atoms with Crippen LogP contribution in [0.2, 0.25) is 0 Å². The van der Waals surface area contributed by atoms with E-state index in [9.17, 15) is 15.0 Å². The van der Waals surface area contributed by atoms with Crippen LogP contribution in [0.25, 0.3) is 11.2 Å². The van der Waals surface area contributed by atoms with Crippen molar-refractivity contribution in [2.45, 2.75) is 55.0 Å². The molecule has 4 heterocycles. The fourth-order valence-electron chi connectivity index (χ4n) is 7.31. The van der Waals surface area contributed by atoms with E-state index in [-0.39, 0.29) is 11.2 Å². The predicted octanol–water partition coefficient (Wildman–Crippen LogP) is 2.42. The standard InChI is InChI=1S/C35H36N4O7/c1-43-39-23-38(32-29(39)33(42)37-22-36-32)35(31(30(41)27(21-40)46-35)45-28-19-11-12-20-44-28)34(24-13-5-2-6-14-24,25-15-7-3-8-16-25)26-17-9-4-10-18-26/h2-10,13-18,22-23,27-28,30-31,40-41H,11-12,19-21H2,1H3/p+1/t27-,28?,30-,31-,35+/m1/s1. The van der Waals surface area contributed by atoms with Crippen LogP contribution < -0.4 is 15.0 Å². The van der Waals surface area contributed by atoms with Crippen LogP contribution in [0.15, 0.2) is 108 Å². The molecule has 2 fully saturated rings. The first-order chi connectivity index (χ1) is 22.6. The largest absolute Gasteiger partial charge is 0.394 e. The number of nitrogens with one attached hydrogen (secondary N) is 1. The van der Waals surface area contributed by atoms with Gasteiger partial charge >= 0.3 is 5.65 Å². The molecule has 11 heteroatoms. The second kappa shape index (κ2) is 12.4. The van der Waals surface area contributed by atoms with Crippen LogP contribution in [0.1, 0.15) is 36.0 Å². The Hall–Kier alpha value is -4.39. The number of ether oxygens (including phenoxy) is 3. The normalized spacial score (nSPS) is 25.1. The van der Waals surface area contributed by atoms with E-state index in [1.807, 2.05) is 91.0 Å². The molecule has 0 aliphatic carbocycles. The van der Waals surface area contributed by atoms with E-state index >= 15 is 0 Å². The number of hydrogen-bond acceptors (Lipinski definition) is 8. The van der Waals surface area contributed by atoms with Crippen LogP contribution in [0, 0.1) is 0 Å². The highest BCUT2D eigenvalue weighted by Gasteiger charge is 2.72. The van der Waals surface area contributed by atoms with Crippen molar-refractivity contribution in [2.75, 3.05) is 20.3 Å². The molecule has 0 radical (unpaired) electrons. The Kier molecular flexibility index (Phi) is 8.18. The predicted molar refractivity (Wildman–Crippen MR) is 167 cm³/mol. The Balaban J connectivity index is 1.68. The lowest BCUT2D eigenvalue weighted by Gasteiger charge is -2.50. The number of benzene rings is 3. The molecule has 5 atom stereocenters. The monoisotopic (exact) mass is 625 g/mol. The summed E-state index contributed by atoms with van der Waals surface area (Å²) >= 11 is 0. The lowest BCUT2D eigenvalue weighted by molar-refractivity contribution is -0.805. The quantitative estimate of drug-likeness (QED) is 0.168. The van der Waals surface area contributed by atoms with Gasteiger partial charge in [0.25, 0.3) is 11.1 Å². The van der Waals surface area contributed by atoms with Crippen molar-refractivity contribution in [2.24, 2.45) is 0 Å². The maximum atomic E-state index is 13.3. The van der Waals surface area contributed by atoms with Crippen molar-refractivity contribution in [1.29, 1.82) is 0 Å². The molecule has 2 aromatic heterocycles. The van der Waals surface area contributed by atoms with E-state index in [1.165, 1.54) is 18.2 Å². The maximum Gasteiger partial charge on any atom is 0.315 e. The van der Waals surface area contributed by atoms with Crippen LogP contribution in [0.5, 0.6) is 0 Å². The third-order valence-electron chi connectivity index (χ3n) is 9.21. The zero-order valence-electron chi connectivity index (χ0n) is 25.4. The van der Waals surface area contributed by atoms with E-state index < -0.39 is 47.9 Å². The van der Waals surface area contributed by atoms with Crippen LogP contribution in [0.3, 0.4) is 0 Å². The third-order valence-corrected chi connectivity index (χ3v) is 9.21. The highest BCUT2D eigenvalue weighted by Crippen LogP contribution is 2.56. The minimum Gasteiger partial charge on any atom is -0.394 e. The third kappa shape index (κ3) is 4.57. The Morgan fingerprint density at radius 1 is 1.00 bits per heavy atom. The Bertz CT molecular complexity index is 1730. The van der Waals surface area contributed by atoms with E-state index in [0.29, 0.717) is 13.0 Å². The first kappa shape index (κ1) is 30.3. The van der Waals surface area contributed by atoms with E-state index in [2.05, 4.69) is 9.97 Å². The zero-order valence-corrected chi connectivity index (χ0v) is 25.4. The van der Waals surface area contributed by atoms with E-state index in [0.717, 1.165) is 29.5 Å². The van der Waals surface area contributed by atoms with E-state index in [1.54, 1.807) is 10.9 Å². The van der Waals surface area contributed by atoms with Gasteiger partial charge in [-0.2, -0.15) is 4.57 Å². The van der Waals surface area contributed by atoms with Crippen LogP contribution in [-0.2, 0) is 25.4 Å². The molecule has 1 unspecified atom stereocenters. The van der Waals surface area contributed by atoms with Crippen molar-refractivity contribution in [1.82, 2.24) is 14.7 Å². The molecule has 5 aromatic rings. The second-order valence-electron chi connectivity index (χ2n) is 11.6. The van der Waals surface area contributed by atoms with Gasteiger partial charge in [0.2, 0.25) is 12.1 Å². The first-order valence-corrected chi connectivity index (χ1v) is 15.5. The lowest BCUT2D eigenvalue weighted by atomic mass is 9.60. The zero-order chi connectivity index (χ0) is 31.7. The number of nitrogens with zero attached hydrogens (tertiary/aromatic N) is 3. The number of fused-ring (bicyclic) bond motifs is 1. The van der Waals surface area contributed by atoms with Gasteiger partial charge in [-0.3, -0.25) is 9.78 Å².